The van der Waals surface area contributed by atoms with E-state index >= 15 is 0 Å². The van der Waals surface area contributed by atoms with Gasteiger partial charge in [-0.25, -0.2) is 0 Å². The minimum atomic E-state index is 0. The fourth-order valence-corrected chi connectivity index (χ4v) is 0. The summed E-state index contributed by atoms with van der Waals surface area (Å²) < 4.78 is 7.83. The standard InChI is InChI=1S/Na.OS.H3P/c;1-2;/h;;1H3. The molecule has 4 heteroatoms. The molecule has 0 rings (SSSR count). The summed E-state index contributed by atoms with van der Waals surface area (Å²) in [6.07, 6.45) is 0. The van der Waals surface area contributed by atoms with Gasteiger partial charge in [0.15, 0.2) is 12.5 Å². The first kappa shape index (κ1) is 18.0. The zero-order valence-electron chi connectivity index (χ0n) is 2.52. The summed E-state index contributed by atoms with van der Waals surface area (Å²) in [6, 6.07) is 0. The van der Waals surface area contributed by atoms with E-state index in [0.717, 1.165) is 0 Å². The summed E-state index contributed by atoms with van der Waals surface area (Å²) in [5, 5.41) is 0. The van der Waals surface area contributed by atoms with E-state index in [1.54, 1.807) is 0 Å². The van der Waals surface area contributed by atoms with Gasteiger partial charge in [-0.1, -0.05) is 0 Å². The molecule has 0 aliphatic rings. The Balaban J connectivity index is -0.00000000500. The summed E-state index contributed by atoms with van der Waals surface area (Å²) in [5.41, 5.74) is 0. The molecule has 1 nitrogen and oxygen atoms in total. The predicted molar refractivity (Wildman–Crippen MR) is 25.0 cm³/mol. The van der Waals surface area contributed by atoms with Crippen LogP contribution in [0, 0.1) is 0 Å². The molecule has 0 aromatic heterocycles. The van der Waals surface area contributed by atoms with Gasteiger partial charge >= 0.3 is 0 Å². The average molecular weight is 105 g/mol. The van der Waals surface area contributed by atoms with E-state index in [1.165, 1.54) is 0 Å². The second kappa shape index (κ2) is 25.2. The second-order valence-corrected chi connectivity index (χ2v) is 0. The van der Waals surface area contributed by atoms with Crippen LogP contribution in [-0.4, -0.2) is 33.8 Å². The zero-order valence-corrected chi connectivity index (χ0v) is 6.75. The van der Waals surface area contributed by atoms with Crippen LogP contribution in [0.5, 0.6) is 0 Å². The van der Waals surface area contributed by atoms with E-state index in [-0.39, 0.29) is 39.5 Å². The van der Waals surface area contributed by atoms with E-state index in [1.807, 2.05) is 0 Å². The van der Waals surface area contributed by atoms with Gasteiger partial charge < -0.3 is 0 Å². The Morgan fingerprint density at radius 1 is 1.25 bits per heavy atom. The predicted octanol–water partition coefficient (Wildman–Crippen LogP) is -0.659. The van der Waals surface area contributed by atoms with Crippen LogP contribution in [0.4, 0.5) is 0 Å². The van der Waals surface area contributed by atoms with Gasteiger partial charge in [-0.2, -0.15) is 14.1 Å². The minimum Gasteiger partial charge on any atom is -0.197 e. The third-order valence-electron chi connectivity index (χ3n) is 0. The van der Waals surface area contributed by atoms with Crippen LogP contribution in [0.15, 0.2) is 0 Å². The van der Waals surface area contributed by atoms with Gasteiger partial charge in [-0.15, -0.1) is 0 Å². The normalized spacial score (nSPS) is 1.00. The largest absolute Gasteiger partial charge is 0.197 e. The third kappa shape index (κ3) is 9.85. The number of rotatable bonds is 0. The first-order chi connectivity index (χ1) is 1.00. The van der Waals surface area contributed by atoms with Gasteiger partial charge in [-0.3, -0.25) is 0 Å². The first-order valence-corrected chi connectivity index (χ1v) is 0.500. The van der Waals surface area contributed by atoms with Crippen molar-refractivity contribution in [3.05, 3.63) is 0 Å². The van der Waals surface area contributed by atoms with Gasteiger partial charge in [0.25, 0.3) is 0 Å². The molecule has 0 aliphatic heterocycles. The van der Waals surface area contributed by atoms with Crippen LogP contribution < -0.4 is 0 Å². The number of hydrogen-bond acceptors (Lipinski definition) is 2. The molecule has 0 aromatic carbocycles. The molecular weight excluding hydrogens is 102 g/mol. The maximum absolute atomic E-state index is 7.83. The maximum Gasteiger partial charge on any atom is 0.197 e. The molecule has 1 unspecified atom stereocenters. The molecule has 0 heterocycles. The molecule has 21 valence electrons. The SMILES string of the molecule is O=S.P.[Na]. The molecule has 0 saturated heterocycles. The van der Waals surface area contributed by atoms with Crippen LogP contribution in [0.3, 0.4) is 0 Å². The maximum atomic E-state index is 7.83. The van der Waals surface area contributed by atoms with Gasteiger partial charge in [-0.05, 0) is 0 Å². The van der Waals surface area contributed by atoms with Crippen LogP contribution in [0.25, 0.3) is 0 Å². The van der Waals surface area contributed by atoms with Crippen molar-refractivity contribution in [1.82, 2.24) is 0 Å². The smallest absolute Gasteiger partial charge is 0.197 e. The summed E-state index contributed by atoms with van der Waals surface area (Å²) >= 11 is 2.83. The van der Waals surface area contributed by atoms with E-state index in [2.05, 4.69) is 12.5 Å². The van der Waals surface area contributed by atoms with E-state index in [0.29, 0.717) is 0 Å². The topological polar surface area (TPSA) is 17.1 Å². The van der Waals surface area contributed by atoms with Crippen LogP contribution in [0.2, 0.25) is 0 Å². The van der Waals surface area contributed by atoms with Crippen LogP contribution in [-0.2, 0) is 12.5 Å². The van der Waals surface area contributed by atoms with Crippen molar-refractivity contribution >= 4 is 52.0 Å². The van der Waals surface area contributed by atoms with Crippen molar-refractivity contribution in [2.24, 2.45) is 0 Å². The monoisotopic (exact) mass is 105 g/mol. The first-order valence-electron chi connectivity index (χ1n) is 0.167. The Labute approximate surface area is 56.0 Å². The van der Waals surface area contributed by atoms with Crippen molar-refractivity contribution in [2.75, 3.05) is 0 Å². The molecule has 0 fully saturated rings. The molecule has 0 bridgehead atoms. The molecular formula is H3NaOPS. The number of hydrogen-bond donors (Lipinski definition) is 0. The molecule has 0 saturated carbocycles. The molecule has 0 aromatic rings. The van der Waals surface area contributed by atoms with Crippen LogP contribution in [0.1, 0.15) is 0 Å². The average Bonchev–Trinajstić information content (AvgIpc) is 1.00. The zero-order chi connectivity index (χ0) is 2.00. The Morgan fingerprint density at radius 2 is 1.25 bits per heavy atom. The van der Waals surface area contributed by atoms with Gasteiger partial charge in [0.05, 0.1) is 0 Å². The summed E-state index contributed by atoms with van der Waals surface area (Å²) in [7, 11) is 0. The summed E-state index contributed by atoms with van der Waals surface area (Å²) in [4.78, 5) is 0. The third-order valence-corrected chi connectivity index (χ3v) is 0. The molecule has 1 radical (unpaired) electrons. The molecule has 0 spiro atoms. The Hall–Kier alpha value is 1.45. The Morgan fingerprint density at radius 3 is 1.25 bits per heavy atom. The van der Waals surface area contributed by atoms with Crippen molar-refractivity contribution in [3.8, 4) is 0 Å². The van der Waals surface area contributed by atoms with Crippen molar-refractivity contribution in [3.63, 3.8) is 0 Å². The van der Waals surface area contributed by atoms with Gasteiger partial charge in [0.2, 0.25) is 0 Å². The molecule has 0 N–H and O–H groups in total. The molecule has 4 heavy (non-hydrogen) atoms. The molecule has 0 aliphatic carbocycles. The van der Waals surface area contributed by atoms with Gasteiger partial charge in [0.1, 0.15) is 0 Å². The fraction of sp³-hybridized carbons (Fsp3) is 0. The van der Waals surface area contributed by atoms with E-state index < -0.39 is 0 Å². The van der Waals surface area contributed by atoms with Crippen molar-refractivity contribution in [2.45, 2.75) is 0 Å². The van der Waals surface area contributed by atoms with Crippen LogP contribution >= 0.6 is 9.90 Å². The van der Waals surface area contributed by atoms with E-state index in [4.69, 9.17) is 4.21 Å². The van der Waals surface area contributed by atoms with Gasteiger partial charge in [0, 0.05) is 29.6 Å². The van der Waals surface area contributed by atoms with Crippen molar-refractivity contribution < 1.29 is 4.21 Å². The fourth-order valence-electron chi connectivity index (χ4n) is 0. The summed E-state index contributed by atoms with van der Waals surface area (Å²) in [5.74, 6) is 0. The quantitative estimate of drug-likeness (QED) is 0.300. The summed E-state index contributed by atoms with van der Waals surface area (Å²) in [6.45, 7) is 0. The minimum absolute atomic E-state index is 0. The molecule has 0 amide bonds. The molecule has 1 atom stereocenters. The Kier molecular flexibility index (Phi) is 113. The van der Waals surface area contributed by atoms with Crippen molar-refractivity contribution in [1.29, 1.82) is 0 Å². The Bertz CT molecular complexity index is 8.00. The second-order valence-electron chi connectivity index (χ2n) is 0. The van der Waals surface area contributed by atoms with E-state index in [9.17, 15) is 0 Å².